The Labute approximate surface area is 116 Å². The monoisotopic (exact) mass is 262 g/mol. The molecule has 0 saturated carbocycles. The SMILES string of the molecule is COCc1cccc(CNN2C(C)CCCC2C)c1. The minimum absolute atomic E-state index is 0.630. The number of hydrogen-bond donors (Lipinski definition) is 1. The molecule has 3 heteroatoms. The Morgan fingerprint density at radius 1 is 1.21 bits per heavy atom. The summed E-state index contributed by atoms with van der Waals surface area (Å²) in [5.74, 6) is 0. The molecule has 0 aromatic heterocycles. The van der Waals surface area contributed by atoms with Crippen molar-refractivity contribution in [2.45, 2.75) is 58.3 Å². The van der Waals surface area contributed by atoms with Gasteiger partial charge in [0.05, 0.1) is 6.61 Å². The van der Waals surface area contributed by atoms with Gasteiger partial charge in [0.1, 0.15) is 0 Å². The van der Waals surface area contributed by atoms with Crippen LogP contribution in [0, 0.1) is 0 Å². The van der Waals surface area contributed by atoms with Crippen molar-refractivity contribution in [1.29, 1.82) is 0 Å². The molecule has 2 atom stereocenters. The van der Waals surface area contributed by atoms with Crippen LogP contribution < -0.4 is 5.43 Å². The van der Waals surface area contributed by atoms with E-state index in [0.29, 0.717) is 18.7 Å². The van der Waals surface area contributed by atoms with Crippen LogP contribution in [0.1, 0.15) is 44.2 Å². The van der Waals surface area contributed by atoms with E-state index in [0.717, 1.165) is 6.54 Å². The second-order valence-corrected chi connectivity index (χ2v) is 5.62. The third-order valence-corrected chi connectivity index (χ3v) is 3.96. The highest BCUT2D eigenvalue weighted by atomic mass is 16.5. The zero-order valence-corrected chi connectivity index (χ0v) is 12.4. The molecule has 106 valence electrons. The van der Waals surface area contributed by atoms with Gasteiger partial charge in [-0.1, -0.05) is 30.7 Å². The summed E-state index contributed by atoms with van der Waals surface area (Å²) in [7, 11) is 1.74. The molecule has 19 heavy (non-hydrogen) atoms. The quantitative estimate of drug-likeness (QED) is 0.882. The van der Waals surface area contributed by atoms with E-state index >= 15 is 0 Å². The lowest BCUT2D eigenvalue weighted by Crippen LogP contribution is -2.51. The smallest absolute Gasteiger partial charge is 0.0713 e. The summed E-state index contributed by atoms with van der Waals surface area (Å²) in [6, 6.07) is 9.87. The minimum Gasteiger partial charge on any atom is -0.380 e. The lowest BCUT2D eigenvalue weighted by atomic mass is 10.00. The Morgan fingerprint density at radius 3 is 2.58 bits per heavy atom. The Kier molecular flexibility index (Phi) is 5.37. The summed E-state index contributed by atoms with van der Waals surface area (Å²) in [6.45, 7) is 6.20. The van der Waals surface area contributed by atoms with E-state index in [1.54, 1.807) is 7.11 Å². The molecule has 0 radical (unpaired) electrons. The second-order valence-electron chi connectivity index (χ2n) is 5.62. The molecule has 0 amide bonds. The van der Waals surface area contributed by atoms with Crippen molar-refractivity contribution in [3.63, 3.8) is 0 Å². The summed E-state index contributed by atoms with van der Waals surface area (Å²) in [4.78, 5) is 0. The molecule has 1 saturated heterocycles. The summed E-state index contributed by atoms with van der Waals surface area (Å²) in [5, 5.41) is 2.42. The van der Waals surface area contributed by atoms with Gasteiger partial charge >= 0.3 is 0 Å². The highest BCUT2D eigenvalue weighted by Crippen LogP contribution is 2.20. The van der Waals surface area contributed by atoms with Crippen molar-refractivity contribution in [3.05, 3.63) is 35.4 Å². The molecule has 0 spiro atoms. The number of benzene rings is 1. The summed E-state index contributed by atoms with van der Waals surface area (Å²) < 4.78 is 5.18. The van der Waals surface area contributed by atoms with Crippen molar-refractivity contribution in [2.24, 2.45) is 0 Å². The van der Waals surface area contributed by atoms with Crippen LogP contribution >= 0.6 is 0 Å². The minimum atomic E-state index is 0.630. The van der Waals surface area contributed by atoms with Gasteiger partial charge in [-0.25, -0.2) is 5.01 Å². The van der Waals surface area contributed by atoms with Crippen LogP contribution in [-0.4, -0.2) is 24.2 Å². The maximum absolute atomic E-state index is 5.18. The predicted octanol–water partition coefficient (Wildman–Crippen LogP) is 3.10. The molecule has 0 bridgehead atoms. The number of methoxy groups -OCH3 is 1. The fraction of sp³-hybridized carbons (Fsp3) is 0.625. The summed E-state index contributed by atoms with van der Waals surface area (Å²) in [6.07, 6.45) is 3.94. The van der Waals surface area contributed by atoms with Gasteiger partial charge in [-0.05, 0) is 37.8 Å². The van der Waals surface area contributed by atoms with Gasteiger partial charge < -0.3 is 4.74 Å². The van der Waals surface area contributed by atoms with Gasteiger partial charge in [-0.15, -0.1) is 0 Å². The average Bonchev–Trinajstić information content (AvgIpc) is 2.39. The van der Waals surface area contributed by atoms with Crippen molar-refractivity contribution < 1.29 is 4.74 Å². The number of piperidine rings is 1. The number of hydrogen-bond acceptors (Lipinski definition) is 3. The lowest BCUT2D eigenvalue weighted by Gasteiger charge is -2.39. The van der Waals surface area contributed by atoms with E-state index in [9.17, 15) is 0 Å². The van der Waals surface area contributed by atoms with Gasteiger partial charge in [-0.3, -0.25) is 5.43 Å². The van der Waals surface area contributed by atoms with Gasteiger partial charge in [0.15, 0.2) is 0 Å². The van der Waals surface area contributed by atoms with Crippen LogP contribution in [0.3, 0.4) is 0 Å². The molecule has 0 aliphatic carbocycles. The maximum atomic E-state index is 5.18. The predicted molar refractivity (Wildman–Crippen MR) is 78.6 cm³/mol. The first kappa shape index (κ1) is 14.5. The molecule has 1 N–H and O–H groups in total. The average molecular weight is 262 g/mol. The summed E-state index contributed by atoms with van der Waals surface area (Å²) in [5.41, 5.74) is 6.16. The Balaban J connectivity index is 1.92. The lowest BCUT2D eigenvalue weighted by molar-refractivity contribution is 0.0435. The first-order valence-electron chi connectivity index (χ1n) is 7.29. The van der Waals surface area contributed by atoms with Crippen LogP contribution in [0.4, 0.5) is 0 Å². The van der Waals surface area contributed by atoms with E-state index < -0.39 is 0 Å². The normalized spacial score (nSPS) is 24.6. The maximum Gasteiger partial charge on any atom is 0.0713 e. The number of hydrazine groups is 1. The number of ether oxygens (including phenoxy) is 1. The Morgan fingerprint density at radius 2 is 1.89 bits per heavy atom. The van der Waals surface area contributed by atoms with E-state index in [-0.39, 0.29) is 0 Å². The standard InChI is InChI=1S/C16H26N2O/c1-13-6-4-7-14(2)18(13)17-11-15-8-5-9-16(10-15)12-19-3/h5,8-10,13-14,17H,4,6-7,11-12H2,1-3H3. The third kappa shape index (κ3) is 4.03. The van der Waals surface area contributed by atoms with Gasteiger partial charge in [0, 0.05) is 25.7 Å². The molecule has 1 aromatic rings. The fourth-order valence-corrected chi connectivity index (χ4v) is 2.91. The van der Waals surface area contributed by atoms with E-state index in [2.05, 4.69) is 48.5 Å². The molecule has 1 fully saturated rings. The van der Waals surface area contributed by atoms with Crippen molar-refractivity contribution in [1.82, 2.24) is 10.4 Å². The Bertz CT molecular complexity index is 384. The number of nitrogens with one attached hydrogen (secondary N) is 1. The molecule has 1 aliphatic heterocycles. The van der Waals surface area contributed by atoms with Crippen LogP contribution in [0.25, 0.3) is 0 Å². The molecule has 2 unspecified atom stereocenters. The van der Waals surface area contributed by atoms with Crippen molar-refractivity contribution in [3.8, 4) is 0 Å². The molecule has 1 aromatic carbocycles. The third-order valence-electron chi connectivity index (χ3n) is 3.96. The largest absolute Gasteiger partial charge is 0.380 e. The molecule has 3 nitrogen and oxygen atoms in total. The first-order valence-corrected chi connectivity index (χ1v) is 7.29. The number of nitrogens with zero attached hydrogens (tertiary/aromatic N) is 1. The van der Waals surface area contributed by atoms with Gasteiger partial charge in [0.2, 0.25) is 0 Å². The van der Waals surface area contributed by atoms with E-state index in [4.69, 9.17) is 4.74 Å². The molecule has 1 aliphatic rings. The molecule has 1 heterocycles. The Hall–Kier alpha value is -0.900. The highest BCUT2D eigenvalue weighted by molar-refractivity contribution is 5.22. The second kappa shape index (κ2) is 7.04. The zero-order valence-electron chi connectivity index (χ0n) is 12.4. The van der Waals surface area contributed by atoms with Gasteiger partial charge in [0.25, 0.3) is 0 Å². The number of rotatable bonds is 5. The van der Waals surface area contributed by atoms with Crippen LogP contribution in [-0.2, 0) is 17.9 Å². The first-order chi connectivity index (χ1) is 9.20. The summed E-state index contributed by atoms with van der Waals surface area (Å²) >= 11 is 0. The van der Waals surface area contributed by atoms with Crippen LogP contribution in [0.5, 0.6) is 0 Å². The van der Waals surface area contributed by atoms with E-state index in [1.807, 2.05) is 0 Å². The van der Waals surface area contributed by atoms with Crippen molar-refractivity contribution in [2.75, 3.05) is 7.11 Å². The van der Waals surface area contributed by atoms with Crippen LogP contribution in [0.15, 0.2) is 24.3 Å². The van der Waals surface area contributed by atoms with Crippen LogP contribution in [0.2, 0.25) is 0 Å². The molecular formula is C16H26N2O. The zero-order chi connectivity index (χ0) is 13.7. The molecular weight excluding hydrogens is 236 g/mol. The topological polar surface area (TPSA) is 24.5 Å². The molecule has 2 rings (SSSR count). The van der Waals surface area contributed by atoms with Crippen molar-refractivity contribution >= 4 is 0 Å². The fourth-order valence-electron chi connectivity index (χ4n) is 2.91. The highest BCUT2D eigenvalue weighted by Gasteiger charge is 2.23. The van der Waals surface area contributed by atoms with Gasteiger partial charge in [-0.2, -0.15) is 0 Å². The van der Waals surface area contributed by atoms with E-state index in [1.165, 1.54) is 30.4 Å².